The molecule has 0 saturated heterocycles. The summed E-state index contributed by atoms with van der Waals surface area (Å²) >= 11 is 0. The summed E-state index contributed by atoms with van der Waals surface area (Å²) in [6.45, 7) is 1.64. The predicted octanol–water partition coefficient (Wildman–Crippen LogP) is 2.29. The highest BCUT2D eigenvalue weighted by Gasteiger charge is 2.08. The van der Waals surface area contributed by atoms with Crippen LogP contribution < -0.4 is 0 Å². The third-order valence-corrected chi connectivity index (χ3v) is 2.34. The third kappa shape index (κ3) is 2.28. The van der Waals surface area contributed by atoms with E-state index in [0.29, 0.717) is 16.8 Å². The molecule has 1 aromatic carbocycles. The molecule has 1 aromatic heterocycles. The average Bonchev–Trinajstić information content (AvgIpc) is 2.33. The van der Waals surface area contributed by atoms with Crippen molar-refractivity contribution in [1.29, 1.82) is 0 Å². The Morgan fingerprint density at radius 1 is 1.29 bits per heavy atom. The van der Waals surface area contributed by atoms with E-state index >= 15 is 0 Å². The molecule has 5 heteroatoms. The number of carboxylic acids is 1. The molecule has 0 aliphatic rings. The first kappa shape index (κ1) is 11.2. The van der Waals surface area contributed by atoms with Gasteiger partial charge in [0.2, 0.25) is 0 Å². The van der Waals surface area contributed by atoms with Gasteiger partial charge in [-0.25, -0.2) is 19.2 Å². The summed E-state index contributed by atoms with van der Waals surface area (Å²) in [7, 11) is 0. The SMILES string of the molecule is Cc1cc(-c2cc(C(=O)O)ncn2)ccc1F. The van der Waals surface area contributed by atoms with Gasteiger partial charge in [-0.1, -0.05) is 0 Å². The summed E-state index contributed by atoms with van der Waals surface area (Å²) in [6, 6.07) is 5.85. The molecule has 0 spiro atoms. The zero-order chi connectivity index (χ0) is 12.4. The van der Waals surface area contributed by atoms with Crippen LogP contribution in [-0.4, -0.2) is 21.0 Å². The van der Waals surface area contributed by atoms with Gasteiger partial charge in [0.25, 0.3) is 0 Å². The van der Waals surface area contributed by atoms with E-state index in [1.165, 1.54) is 18.5 Å². The monoisotopic (exact) mass is 232 g/mol. The number of carbonyl (C=O) groups is 1. The van der Waals surface area contributed by atoms with E-state index in [0.717, 1.165) is 0 Å². The van der Waals surface area contributed by atoms with E-state index in [-0.39, 0.29) is 11.5 Å². The number of rotatable bonds is 2. The minimum atomic E-state index is -1.12. The average molecular weight is 232 g/mol. The van der Waals surface area contributed by atoms with Gasteiger partial charge in [-0.3, -0.25) is 0 Å². The van der Waals surface area contributed by atoms with Crippen LogP contribution in [0.25, 0.3) is 11.3 Å². The van der Waals surface area contributed by atoms with Crippen LogP contribution in [0, 0.1) is 12.7 Å². The molecule has 0 fully saturated rings. The molecule has 2 rings (SSSR count). The number of nitrogens with zero attached hydrogens (tertiary/aromatic N) is 2. The van der Waals surface area contributed by atoms with Crippen LogP contribution in [-0.2, 0) is 0 Å². The Balaban J connectivity index is 2.49. The summed E-state index contributed by atoms with van der Waals surface area (Å²) in [5, 5.41) is 8.80. The second-order valence-electron chi connectivity index (χ2n) is 3.56. The largest absolute Gasteiger partial charge is 0.477 e. The molecule has 86 valence electrons. The van der Waals surface area contributed by atoms with Gasteiger partial charge in [0, 0.05) is 5.56 Å². The zero-order valence-electron chi connectivity index (χ0n) is 9.01. The highest BCUT2D eigenvalue weighted by molar-refractivity contribution is 5.86. The lowest BCUT2D eigenvalue weighted by Crippen LogP contribution is -2.01. The van der Waals surface area contributed by atoms with Gasteiger partial charge in [-0.05, 0) is 36.8 Å². The fourth-order valence-corrected chi connectivity index (χ4v) is 1.44. The van der Waals surface area contributed by atoms with Gasteiger partial charge in [-0.2, -0.15) is 0 Å². The molecule has 0 bridgehead atoms. The highest BCUT2D eigenvalue weighted by atomic mass is 19.1. The van der Waals surface area contributed by atoms with Gasteiger partial charge in [0.15, 0.2) is 5.69 Å². The zero-order valence-corrected chi connectivity index (χ0v) is 9.01. The van der Waals surface area contributed by atoms with Gasteiger partial charge in [0.05, 0.1) is 5.69 Å². The molecule has 0 saturated carbocycles. The maximum Gasteiger partial charge on any atom is 0.354 e. The minimum absolute atomic E-state index is 0.0861. The quantitative estimate of drug-likeness (QED) is 0.862. The number of benzene rings is 1. The lowest BCUT2D eigenvalue weighted by Gasteiger charge is -2.03. The first-order valence-corrected chi connectivity index (χ1v) is 4.90. The first-order chi connectivity index (χ1) is 8.08. The van der Waals surface area contributed by atoms with Crippen molar-refractivity contribution in [1.82, 2.24) is 9.97 Å². The summed E-state index contributed by atoms with van der Waals surface area (Å²) in [5.41, 5.74) is 1.52. The summed E-state index contributed by atoms with van der Waals surface area (Å²) < 4.78 is 13.1. The lowest BCUT2D eigenvalue weighted by atomic mass is 10.1. The molecule has 0 aliphatic carbocycles. The molecule has 1 heterocycles. The molecule has 0 amide bonds. The van der Waals surface area contributed by atoms with Crippen LogP contribution in [0.5, 0.6) is 0 Å². The van der Waals surface area contributed by atoms with Crippen molar-refractivity contribution in [3.05, 3.63) is 47.7 Å². The Bertz CT molecular complexity index is 584. The van der Waals surface area contributed by atoms with E-state index < -0.39 is 5.97 Å². The van der Waals surface area contributed by atoms with Gasteiger partial charge in [0.1, 0.15) is 12.1 Å². The van der Waals surface area contributed by atoms with Crippen LogP contribution >= 0.6 is 0 Å². The van der Waals surface area contributed by atoms with Crippen molar-refractivity contribution >= 4 is 5.97 Å². The third-order valence-electron chi connectivity index (χ3n) is 2.34. The summed E-state index contributed by atoms with van der Waals surface area (Å²) in [6.07, 6.45) is 1.18. The van der Waals surface area contributed by atoms with Crippen LogP contribution in [0.15, 0.2) is 30.6 Å². The second kappa shape index (κ2) is 4.29. The molecule has 2 aromatic rings. The van der Waals surface area contributed by atoms with Gasteiger partial charge in [-0.15, -0.1) is 0 Å². The fraction of sp³-hybridized carbons (Fsp3) is 0.0833. The van der Waals surface area contributed by atoms with Crippen LogP contribution in [0.3, 0.4) is 0 Å². The Morgan fingerprint density at radius 2 is 2.06 bits per heavy atom. The first-order valence-electron chi connectivity index (χ1n) is 4.90. The standard InChI is InChI=1S/C12H9FN2O2/c1-7-4-8(2-3-9(7)13)10-5-11(12(16)17)15-6-14-10/h2-6H,1H3,(H,16,17). The highest BCUT2D eigenvalue weighted by Crippen LogP contribution is 2.19. The molecule has 17 heavy (non-hydrogen) atoms. The number of aryl methyl sites for hydroxylation is 1. The molecule has 0 atom stereocenters. The summed E-state index contributed by atoms with van der Waals surface area (Å²) in [4.78, 5) is 18.3. The smallest absolute Gasteiger partial charge is 0.354 e. The molecule has 0 radical (unpaired) electrons. The van der Waals surface area contributed by atoms with Crippen molar-refractivity contribution in [2.45, 2.75) is 6.92 Å². The molecular weight excluding hydrogens is 223 g/mol. The van der Waals surface area contributed by atoms with Gasteiger partial charge < -0.3 is 5.11 Å². The van der Waals surface area contributed by atoms with E-state index in [1.807, 2.05) is 0 Å². The number of hydrogen-bond acceptors (Lipinski definition) is 3. The van der Waals surface area contributed by atoms with E-state index in [1.54, 1.807) is 19.1 Å². The van der Waals surface area contributed by atoms with E-state index in [9.17, 15) is 9.18 Å². The lowest BCUT2D eigenvalue weighted by molar-refractivity contribution is 0.0690. The molecular formula is C12H9FN2O2. The van der Waals surface area contributed by atoms with Crippen LogP contribution in [0.1, 0.15) is 16.1 Å². The Kier molecular flexibility index (Phi) is 2.82. The van der Waals surface area contributed by atoms with Gasteiger partial charge >= 0.3 is 5.97 Å². The van der Waals surface area contributed by atoms with Crippen molar-refractivity contribution < 1.29 is 14.3 Å². The summed E-state index contributed by atoms with van der Waals surface area (Å²) in [5.74, 6) is -1.42. The minimum Gasteiger partial charge on any atom is -0.477 e. The predicted molar refractivity (Wildman–Crippen MR) is 59.1 cm³/mol. The normalized spacial score (nSPS) is 10.2. The molecule has 0 aliphatic heterocycles. The maximum atomic E-state index is 13.1. The molecule has 1 N–H and O–H groups in total. The Hall–Kier alpha value is -2.30. The van der Waals surface area contributed by atoms with E-state index in [2.05, 4.69) is 9.97 Å². The number of hydrogen-bond donors (Lipinski definition) is 1. The van der Waals surface area contributed by atoms with Crippen LogP contribution in [0.2, 0.25) is 0 Å². The van der Waals surface area contributed by atoms with Crippen molar-refractivity contribution in [2.24, 2.45) is 0 Å². The van der Waals surface area contributed by atoms with Crippen molar-refractivity contribution in [2.75, 3.05) is 0 Å². The van der Waals surface area contributed by atoms with E-state index in [4.69, 9.17) is 5.11 Å². The number of halogens is 1. The topological polar surface area (TPSA) is 63.1 Å². The maximum absolute atomic E-state index is 13.1. The van der Waals surface area contributed by atoms with Crippen molar-refractivity contribution in [3.8, 4) is 11.3 Å². The molecule has 0 unspecified atom stereocenters. The Morgan fingerprint density at radius 3 is 2.71 bits per heavy atom. The Labute approximate surface area is 96.8 Å². The molecule has 4 nitrogen and oxygen atoms in total. The number of carboxylic acid groups (broad SMARTS) is 1. The fourth-order valence-electron chi connectivity index (χ4n) is 1.44. The van der Waals surface area contributed by atoms with Crippen LogP contribution in [0.4, 0.5) is 4.39 Å². The number of aromatic nitrogens is 2. The second-order valence-corrected chi connectivity index (χ2v) is 3.56. The number of aromatic carboxylic acids is 1. The van der Waals surface area contributed by atoms with Crippen molar-refractivity contribution in [3.63, 3.8) is 0 Å².